The van der Waals surface area contributed by atoms with Crippen molar-refractivity contribution < 1.29 is 17.9 Å². The van der Waals surface area contributed by atoms with Gasteiger partial charge in [-0.3, -0.25) is 4.79 Å². The van der Waals surface area contributed by atoms with Crippen LogP contribution in [0.5, 0.6) is 5.75 Å². The van der Waals surface area contributed by atoms with E-state index in [-0.39, 0.29) is 22.1 Å². The Labute approximate surface area is 187 Å². The summed E-state index contributed by atoms with van der Waals surface area (Å²) in [6.45, 7) is 8.26. The number of rotatable bonds is 9. The van der Waals surface area contributed by atoms with E-state index in [9.17, 15) is 13.2 Å². The van der Waals surface area contributed by atoms with Crippen molar-refractivity contribution in [2.45, 2.75) is 45.4 Å². The van der Waals surface area contributed by atoms with Crippen LogP contribution in [0.2, 0.25) is 0 Å². The molecule has 0 spiro atoms. The van der Waals surface area contributed by atoms with E-state index >= 15 is 0 Å². The van der Waals surface area contributed by atoms with Gasteiger partial charge in [-0.05, 0) is 54.3 Å². The molecule has 0 atom stereocenters. The van der Waals surface area contributed by atoms with Crippen molar-refractivity contribution in [3.63, 3.8) is 0 Å². The average Bonchev–Trinajstić information content (AvgIpc) is 2.74. The Kier molecular flexibility index (Phi) is 8.46. The molecule has 0 bridgehead atoms. The minimum Gasteiger partial charge on any atom is -0.495 e. The van der Waals surface area contributed by atoms with Gasteiger partial charge in [0.05, 0.1) is 7.11 Å². The Hall–Kier alpha value is -1.90. The van der Waals surface area contributed by atoms with Gasteiger partial charge in [-0.25, -0.2) is 8.42 Å². The Balaban J connectivity index is 2.51. The molecule has 0 unspecified atom stereocenters. The Morgan fingerprint density at radius 3 is 2.07 bits per heavy atom. The molecule has 0 fully saturated rings. The summed E-state index contributed by atoms with van der Waals surface area (Å²) in [5.41, 5.74) is 3.06. The molecule has 0 heterocycles. The zero-order valence-electron chi connectivity index (χ0n) is 18.1. The van der Waals surface area contributed by atoms with Gasteiger partial charge in [0.1, 0.15) is 10.6 Å². The van der Waals surface area contributed by atoms with Gasteiger partial charge in [0.15, 0.2) is 0 Å². The first-order valence-corrected chi connectivity index (χ1v) is 12.3. The second-order valence-electron chi connectivity index (χ2n) is 6.72. The number of nitrogens with one attached hydrogen (secondary N) is 1. The standard InChI is InChI=1S/C22H29BrN2O4S/c1-6-15-12-18(23)13-16(7-2)21(15)24-22(26)17-10-11-19(29-5)20(14-17)30(27,28)25(8-3)9-4/h10-14H,6-9H2,1-5H3,(H,24,26). The fraction of sp³-hybridized carbons (Fsp3) is 0.409. The number of benzene rings is 2. The maximum absolute atomic E-state index is 13.1. The highest BCUT2D eigenvalue weighted by Gasteiger charge is 2.27. The number of nitrogens with zero attached hydrogens (tertiary/aromatic N) is 1. The van der Waals surface area contributed by atoms with Crippen molar-refractivity contribution in [2.24, 2.45) is 0 Å². The van der Waals surface area contributed by atoms with Gasteiger partial charge in [0.2, 0.25) is 10.0 Å². The fourth-order valence-electron chi connectivity index (χ4n) is 3.35. The number of hydrogen-bond donors (Lipinski definition) is 1. The van der Waals surface area contributed by atoms with Gasteiger partial charge >= 0.3 is 0 Å². The van der Waals surface area contributed by atoms with Crippen molar-refractivity contribution in [1.29, 1.82) is 0 Å². The molecule has 1 amide bonds. The van der Waals surface area contributed by atoms with E-state index in [0.717, 1.165) is 34.1 Å². The Morgan fingerprint density at radius 2 is 1.60 bits per heavy atom. The first-order chi connectivity index (χ1) is 14.2. The number of amides is 1. The molecule has 2 aromatic carbocycles. The van der Waals surface area contributed by atoms with Crippen molar-refractivity contribution >= 4 is 37.5 Å². The molecule has 0 aliphatic rings. The van der Waals surface area contributed by atoms with Crippen LogP contribution in [0.15, 0.2) is 39.7 Å². The zero-order valence-corrected chi connectivity index (χ0v) is 20.5. The first kappa shape index (κ1) is 24.4. The third-order valence-electron chi connectivity index (χ3n) is 5.02. The van der Waals surface area contributed by atoms with Gasteiger partial charge in [0.25, 0.3) is 5.91 Å². The first-order valence-electron chi connectivity index (χ1n) is 10.0. The topological polar surface area (TPSA) is 75.7 Å². The fourth-order valence-corrected chi connectivity index (χ4v) is 5.54. The summed E-state index contributed by atoms with van der Waals surface area (Å²) in [7, 11) is -2.37. The molecular weight excluding hydrogens is 468 g/mol. The van der Waals surface area contributed by atoms with Gasteiger partial charge in [-0.2, -0.15) is 4.31 Å². The lowest BCUT2D eigenvalue weighted by Gasteiger charge is -2.21. The molecule has 30 heavy (non-hydrogen) atoms. The molecule has 0 saturated heterocycles. The van der Waals surface area contributed by atoms with Crippen LogP contribution in [0.3, 0.4) is 0 Å². The molecule has 2 aromatic rings. The molecule has 0 saturated carbocycles. The summed E-state index contributed by atoms with van der Waals surface area (Å²) in [5.74, 6) is -0.147. The molecular formula is C22H29BrN2O4S. The summed E-state index contributed by atoms with van der Waals surface area (Å²) in [6.07, 6.45) is 1.51. The smallest absolute Gasteiger partial charge is 0.255 e. The lowest BCUT2D eigenvalue weighted by atomic mass is 10.0. The molecule has 6 nitrogen and oxygen atoms in total. The zero-order chi connectivity index (χ0) is 22.5. The lowest BCUT2D eigenvalue weighted by Crippen LogP contribution is -2.31. The quantitative estimate of drug-likeness (QED) is 0.537. The van der Waals surface area contributed by atoms with Gasteiger partial charge in [0, 0.05) is 28.8 Å². The normalized spacial score (nSPS) is 11.6. The van der Waals surface area contributed by atoms with Gasteiger partial charge in [-0.1, -0.05) is 43.6 Å². The van der Waals surface area contributed by atoms with Crippen molar-refractivity contribution in [3.8, 4) is 5.75 Å². The minimum atomic E-state index is -3.78. The number of anilines is 1. The number of sulfonamides is 1. The summed E-state index contributed by atoms with van der Waals surface area (Å²) >= 11 is 3.52. The minimum absolute atomic E-state index is 0.0106. The van der Waals surface area contributed by atoms with Crippen LogP contribution in [0.1, 0.15) is 49.2 Å². The van der Waals surface area contributed by atoms with Gasteiger partial charge < -0.3 is 10.1 Å². The number of methoxy groups -OCH3 is 1. The highest BCUT2D eigenvalue weighted by molar-refractivity contribution is 9.10. The molecule has 2 rings (SSSR count). The molecule has 164 valence electrons. The maximum Gasteiger partial charge on any atom is 0.255 e. The van der Waals surface area contributed by atoms with E-state index in [1.807, 2.05) is 26.0 Å². The van der Waals surface area contributed by atoms with E-state index in [1.54, 1.807) is 19.9 Å². The molecule has 0 aliphatic carbocycles. The number of carbonyl (C=O) groups excluding carboxylic acids is 1. The second kappa shape index (κ2) is 10.4. The molecule has 8 heteroatoms. The summed E-state index contributed by atoms with van der Waals surface area (Å²) < 4.78 is 33.7. The Bertz CT molecular complexity index is 993. The largest absolute Gasteiger partial charge is 0.495 e. The highest BCUT2D eigenvalue weighted by atomic mass is 79.9. The molecule has 0 aliphatic heterocycles. The average molecular weight is 497 g/mol. The molecule has 0 radical (unpaired) electrons. The lowest BCUT2D eigenvalue weighted by molar-refractivity contribution is 0.102. The number of aryl methyl sites for hydroxylation is 2. The number of ether oxygens (including phenoxy) is 1. The van der Waals surface area contributed by atoms with E-state index < -0.39 is 10.0 Å². The monoisotopic (exact) mass is 496 g/mol. The third kappa shape index (κ3) is 5.04. The maximum atomic E-state index is 13.1. The van der Waals surface area contributed by atoms with Crippen LogP contribution in [0.4, 0.5) is 5.69 Å². The van der Waals surface area contributed by atoms with Crippen LogP contribution in [-0.2, 0) is 22.9 Å². The van der Waals surface area contributed by atoms with Crippen molar-refractivity contribution in [2.75, 3.05) is 25.5 Å². The van der Waals surface area contributed by atoms with Crippen LogP contribution in [0, 0.1) is 0 Å². The SMILES string of the molecule is CCc1cc(Br)cc(CC)c1NC(=O)c1ccc(OC)c(S(=O)(=O)N(CC)CC)c1. The highest BCUT2D eigenvalue weighted by Crippen LogP contribution is 2.30. The Morgan fingerprint density at radius 1 is 1.03 bits per heavy atom. The summed E-state index contributed by atoms with van der Waals surface area (Å²) in [5, 5.41) is 2.99. The van der Waals surface area contributed by atoms with Crippen LogP contribution < -0.4 is 10.1 Å². The van der Waals surface area contributed by atoms with Crippen LogP contribution in [0.25, 0.3) is 0 Å². The summed E-state index contributed by atoms with van der Waals surface area (Å²) in [6, 6.07) is 8.45. The van der Waals surface area contributed by atoms with Crippen LogP contribution >= 0.6 is 15.9 Å². The number of halogens is 1. The van der Waals surface area contributed by atoms with E-state index in [4.69, 9.17) is 4.74 Å². The van der Waals surface area contributed by atoms with Crippen molar-refractivity contribution in [1.82, 2.24) is 4.31 Å². The van der Waals surface area contributed by atoms with E-state index in [0.29, 0.717) is 13.1 Å². The second-order valence-corrected chi connectivity index (χ2v) is 9.54. The van der Waals surface area contributed by atoms with E-state index in [1.165, 1.54) is 23.5 Å². The van der Waals surface area contributed by atoms with Gasteiger partial charge in [-0.15, -0.1) is 0 Å². The van der Waals surface area contributed by atoms with Crippen LogP contribution in [-0.4, -0.2) is 38.8 Å². The third-order valence-corrected chi connectivity index (χ3v) is 7.54. The molecule has 1 N–H and O–H groups in total. The summed E-state index contributed by atoms with van der Waals surface area (Å²) in [4.78, 5) is 13.0. The predicted molar refractivity (Wildman–Crippen MR) is 124 cm³/mol. The number of carbonyl (C=O) groups is 1. The van der Waals surface area contributed by atoms with Crippen molar-refractivity contribution in [3.05, 3.63) is 51.5 Å². The number of hydrogen-bond acceptors (Lipinski definition) is 4. The molecule has 0 aromatic heterocycles. The predicted octanol–water partition coefficient (Wildman–Crippen LogP) is 4.87. The van der Waals surface area contributed by atoms with E-state index in [2.05, 4.69) is 21.2 Å².